The summed E-state index contributed by atoms with van der Waals surface area (Å²) in [7, 11) is 0. The summed E-state index contributed by atoms with van der Waals surface area (Å²) in [6.07, 6.45) is 1.71. The Balaban J connectivity index is 1.49. The zero-order valence-electron chi connectivity index (χ0n) is 11.6. The Kier molecular flexibility index (Phi) is 3.36. The smallest absolute Gasteiger partial charge is 0.209 e. The molecule has 0 fully saturated rings. The molecular weight excluding hydrogens is 296 g/mol. The summed E-state index contributed by atoms with van der Waals surface area (Å²) < 4.78 is 7.45. The Hall–Kier alpha value is -2.60. The molecule has 0 saturated carbocycles. The van der Waals surface area contributed by atoms with Gasteiger partial charge in [0.15, 0.2) is 5.58 Å². The number of hydrogen-bond acceptors (Lipinski definition) is 5. The number of hydrogen-bond donors (Lipinski definition) is 0. The Morgan fingerprint density at radius 2 is 1.82 bits per heavy atom. The summed E-state index contributed by atoms with van der Waals surface area (Å²) in [4.78, 5) is 8.75. The highest BCUT2D eigenvalue weighted by Crippen LogP contribution is 2.22. The predicted octanol–water partition coefficient (Wildman–Crippen LogP) is 3.70. The van der Waals surface area contributed by atoms with Gasteiger partial charge in [0.1, 0.15) is 11.8 Å². The largest absolute Gasteiger partial charge is 0.440 e. The van der Waals surface area contributed by atoms with E-state index in [2.05, 4.69) is 15.1 Å². The van der Waals surface area contributed by atoms with E-state index >= 15 is 0 Å². The number of oxazole rings is 1. The van der Waals surface area contributed by atoms with Crippen molar-refractivity contribution in [3.8, 4) is 5.69 Å². The first-order valence-corrected chi connectivity index (χ1v) is 7.81. The Morgan fingerprint density at radius 3 is 2.68 bits per heavy atom. The highest BCUT2D eigenvalue weighted by atomic mass is 32.2. The minimum Gasteiger partial charge on any atom is -0.440 e. The number of rotatable bonds is 4. The zero-order chi connectivity index (χ0) is 14.8. The predicted molar refractivity (Wildman–Crippen MR) is 84.9 cm³/mol. The maximum absolute atomic E-state index is 5.69. The van der Waals surface area contributed by atoms with Crippen LogP contribution >= 0.6 is 11.8 Å². The van der Waals surface area contributed by atoms with Crippen LogP contribution in [0.1, 0.15) is 5.89 Å². The summed E-state index contributed by atoms with van der Waals surface area (Å²) in [5, 5.41) is 5.15. The fraction of sp³-hybridized carbons (Fsp3) is 0.0625. The van der Waals surface area contributed by atoms with Crippen molar-refractivity contribution in [3.05, 3.63) is 66.8 Å². The second-order valence-corrected chi connectivity index (χ2v) is 5.61. The molecule has 0 spiro atoms. The van der Waals surface area contributed by atoms with Gasteiger partial charge in [0, 0.05) is 0 Å². The fourth-order valence-corrected chi connectivity index (χ4v) is 2.77. The Labute approximate surface area is 131 Å². The molecule has 0 saturated heterocycles. The minimum absolute atomic E-state index is 0.605. The van der Waals surface area contributed by atoms with Gasteiger partial charge in [-0.05, 0) is 24.3 Å². The van der Waals surface area contributed by atoms with Crippen molar-refractivity contribution in [2.24, 2.45) is 0 Å². The second kappa shape index (κ2) is 5.65. The lowest BCUT2D eigenvalue weighted by molar-refractivity contribution is 0.556. The molecule has 0 N–H and O–H groups in total. The van der Waals surface area contributed by atoms with Crippen molar-refractivity contribution in [1.82, 2.24) is 19.7 Å². The van der Waals surface area contributed by atoms with Crippen molar-refractivity contribution in [2.45, 2.75) is 10.9 Å². The quantitative estimate of drug-likeness (QED) is 0.538. The first-order valence-electron chi connectivity index (χ1n) is 6.83. The van der Waals surface area contributed by atoms with Crippen molar-refractivity contribution in [1.29, 1.82) is 0 Å². The average molecular weight is 308 g/mol. The van der Waals surface area contributed by atoms with Gasteiger partial charge in [-0.2, -0.15) is 0 Å². The van der Waals surface area contributed by atoms with Crippen molar-refractivity contribution in [2.75, 3.05) is 0 Å². The van der Waals surface area contributed by atoms with Crippen LogP contribution in [0.15, 0.2) is 70.5 Å². The van der Waals surface area contributed by atoms with Gasteiger partial charge in [0.25, 0.3) is 0 Å². The number of benzene rings is 2. The molecule has 6 heteroatoms. The third kappa shape index (κ3) is 2.60. The molecule has 0 amide bonds. The highest BCUT2D eigenvalue weighted by Gasteiger charge is 2.08. The van der Waals surface area contributed by atoms with Crippen molar-refractivity contribution < 1.29 is 4.42 Å². The minimum atomic E-state index is 0.605. The summed E-state index contributed by atoms with van der Waals surface area (Å²) in [6.45, 7) is 0. The van der Waals surface area contributed by atoms with Gasteiger partial charge in [-0.25, -0.2) is 14.6 Å². The van der Waals surface area contributed by atoms with E-state index in [4.69, 9.17) is 4.42 Å². The molecular formula is C16H12N4OS. The van der Waals surface area contributed by atoms with Crippen LogP contribution in [0.5, 0.6) is 0 Å². The third-order valence-electron chi connectivity index (χ3n) is 3.15. The molecule has 4 aromatic rings. The van der Waals surface area contributed by atoms with Crippen LogP contribution in [0, 0.1) is 0 Å². The van der Waals surface area contributed by atoms with Crippen LogP contribution in [0.25, 0.3) is 16.8 Å². The fourth-order valence-electron chi connectivity index (χ4n) is 2.13. The number of nitrogens with zero attached hydrogens (tertiary/aromatic N) is 4. The number of para-hydroxylation sites is 3. The van der Waals surface area contributed by atoms with Crippen LogP contribution in [0.3, 0.4) is 0 Å². The molecule has 0 aliphatic carbocycles. The molecule has 4 rings (SSSR count). The monoisotopic (exact) mass is 308 g/mol. The SMILES string of the molecule is c1ccc(-n2cnc(SCc3nc4ccccc4o3)n2)cc1. The molecule has 0 aliphatic rings. The molecule has 2 aromatic heterocycles. The molecule has 0 bridgehead atoms. The van der Waals surface area contributed by atoms with E-state index in [9.17, 15) is 0 Å². The Morgan fingerprint density at radius 1 is 1.00 bits per heavy atom. The van der Waals surface area contributed by atoms with Gasteiger partial charge < -0.3 is 4.42 Å². The van der Waals surface area contributed by atoms with E-state index in [0.29, 0.717) is 16.8 Å². The van der Waals surface area contributed by atoms with E-state index in [0.717, 1.165) is 16.8 Å². The van der Waals surface area contributed by atoms with Crippen LogP contribution in [0.2, 0.25) is 0 Å². The topological polar surface area (TPSA) is 56.7 Å². The highest BCUT2D eigenvalue weighted by molar-refractivity contribution is 7.98. The van der Waals surface area contributed by atoms with Gasteiger partial charge in [-0.1, -0.05) is 42.1 Å². The van der Waals surface area contributed by atoms with Gasteiger partial charge in [-0.3, -0.25) is 0 Å². The third-order valence-corrected chi connectivity index (χ3v) is 3.99. The van der Waals surface area contributed by atoms with Crippen LogP contribution in [0.4, 0.5) is 0 Å². The number of aromatic nitrogens is 4. The lowest BCUT2D eigenvalue weighted by Crippen LogP contribution is -1.93. The summed E-state index contributed by atoms with van der Waals surface area (Å²) >= 11 is 1.50. The van der Waals surface area contributed by atoms with Gasteiger partial charge in [-0.15, -0.1) is 5.10 Å². The van der Waals surface area contributed by atoms with E-state index in [1.807, 2.05) is 54.6 Å². The molecule has 108 valence electrons. The normalized spacial score (nSPS) is 11.1. The molecule has 2 heterocycles. The maximum atomic E-state index is 5.69. The maximum Gasteiger partial charge on any atom is 0.209 e. The summed E-state index contributed by atoms with van der Waals surface area (Å²) in [5.74, 6) is 1.29. The van der Waals surface area contributed by atoms with E-state index in [-0.39, 0.29) is 0 Å². The molecule has 0 unspecified atom stereocenters. The molecule has 0 radical (unpaired) electrons. The van der Waals surface area contributed by atoms with E-state index in [1.54, 1.807) is 11.0 Å². The van der Waals surface area contributed by atoms with Crippen molar-refractivity contribution in [3.63, 3.8) is 0 Å². The second-order valence-electron chi connectivity index (χ2n) is 4.67. The molecule has 0 aliphatic heterocycles. The molecule has 5 nitrogen and oxygen atoms in total. The standard InChI is InChI=1S/C16H12N4OS/c1-2-6-12(7-3-1)20-11-17-16(19-20)22-10-15-18-13-8-4-5-9-14(13)21-15/h1-9,11H,10H2. The lowest BCUT2D eigenvalue weighted by Gasteiger charge is -1.97. The molecule has 22 heavy (non-hydrogen) atoms. The number of thioether (sulfide) groups is 1. The van der Waals surface area contributed by atoms with Crippen LogP contribution in [-0.2, 0) is 5.75 Å². The molecule has 0 atom stereocenters. The van der Waals surface area contributed by atoms with E-state index < -0.39 is 0 Å². The Bertz CT molecular complexity index is 868. The molecule has 2 aromatic carbocycles. The van der Waals surface area contributed by atoms with Crippen LogP contribution < -0.4 is 0 Å². The van der Waals surface area contributed by atoms with Crippen molar-refractivity contribution >= 4 is 22.9 Å². The van der Waals surface area contributed by atoms with E-state index in [1.165, 1.54) is 11.8 Å². The zero-order valence-corrected chi connectivity index (χ0v) is 12.4. The van der Waals surface area contributed by atoms with Gasteiger partial charge in [0.05, 0.1) is 11.4 Å². The van der Waals surface area contributed by atoms with Gasteiger partial charge in [0.2, 0.25) is 11.0 Å². The average Bonchev–Trinajstić information content (AvgIpc) is 3.20. The first kappa shape index (κ1) is 13.1. The lowest BCUT2D eigenvalue weighted by atomic mass is 10.3. The van der Waals surface area contributed by atoms with Crippen LogP contribution in [-0.4, -0.2) is 19.7 Å². The van der Waals surface area contributed by atoms with Gasteiger partial charge >= 0.3 is 0 Å². The summed E-state index contributed by atoms with van der Waals surface area (Å²) in [5.41, 5.74) is 2.67. The first-order chi connectivity index (χ1) is 10.9. The number of fused-ring (bicyclic) bond motifs is 1. The summed E-state index contributed by atoms with van der Waals surface area (Å²) in [6, 6.07) is 17.6.